The number of alkyl halides is 3. The zero-order chi connectivity index (χ0) is 31.6. The van der Waals surface area contributed by atoms with Gasteiger partial charge in [0.15, 0.2) is 0 Å². The highest BCUT2D eigenvalue weighted by molar-refractivity contribution is 5.87. The van der Waals surface area contributed by atoms with Crippen LogP contribution in [0.1, 0.15) is 41.6 Å². The van der Waals surface area contributed by atoms with Crippen molar-refractivity contribution in [3.63, 3.8) is 0 Å². The third-order valence-electron chi connectivity index (χ3n) is 9.13. The van der Waals surface area contributed by atoms with Gasteiger partial charge >= 0.3 is 12.2 Å². The topological polar surface area (TPSA) is 69.4 Å². The molecule has 3 heterocycles. The summed E-state index contributed by atoms with van der Waals surface area (Å²) in [4.78, 5) is 33.4. The van der Waals surface area contributed by atoms with Gasteiger partial charge < -0.3 is 29.2 Å². The molecular weight excluding hydrogens is 571 g/mol. The first kappa shape index (κ1) is 31.6. The number of amides is 1. The van der Waals surface area contributed by atoms with Crippen molar-refractivity contribution >= 4 is 17.4 Å². The van der Waals surface area contributed by atoms with Crippen LogP contribution in [0.5, 0.6) is 6.01 Å². The molecule has 1 saturated carbocycles. The molecule has 12 heteroatoms. The first-order valence-electron chi connectivity index (χ1n) is 15.1. The Hall–Kier alpha value is -3.85. The van der Waals surface area contributed by atoms with Crippen LogP contribution in [0, 0.1) is 19.4 Å². The van der Waals surface area contributed by atoms with E-state index in [2.05, 4.69) is 35.3 Å². The molecule has 2 fully saturated rings. The molecule has 1 aliphatic carbocycles. The van der Waals surface area contributed by atoms with E-state index in [1.165, 1.54) is 25.1 Å². The maximum atomic E-state index is 14.1. The molecule has 0 bridgehead atoms. The lowest BCUT2D eigenvalue weighted by Gasteiger charge is -2.41. The molecule has 3 atom stereocenters. The van der Waals surface area contributed by atoms with Gasteiger partial charge in [-0.15, -0.1) is 0 Å². The summed E-state index contributed by atoms with van der Waals surface area (Å²) in [7, 11) is 4.17. The van der Waals surface area contributed by atoms with E-state index in [0.717, 1.165) is 24.8 Å². The van der Waals surface area contributed by atoms with Gasteiger partial charge in [-0.2, -0.15) is 23.1 Å². The summed E-state index contributed by atoms with van der Waals surface area (Å²) >= 11 is 0. The normalized spacial score (nSPS) is 22.1. The van der Waals surface area contributed by atoms with Crippen molar-refractivity contribution in [3.05, 3.63) is 64.7 Å². The monoisotopic (exact) mass is 611 g/mol. The Morgan fingerprint density at radius 3 is 2.68 bits per heavy atom. The number of nitrogens with zero attached hydrogens (tertiary/aromatic N) is 7. The quantitative estimate of drug-likeness (QED) is 0.319. The van der Waals surface area contributed by atoms with Crippen LogP contribution < -0.4 is 14.5 Å². The molecule has 0 unspecified atom stereocenters. The summed E-state index contributed by atoms with van der Waals surface area (Å²) in [5.41, 5.74) is 1.19. The highest BCUT2D eigenvalue weighted by atomic mass is 19.4. The van der Waals surface area contributed by atoms with Gasteiger partial charge in [-0.05, 0) is 70.3 Å². The van der Waals surface area contributed by atoms with Crippen molar-refractivity contribution < 1.29 is 22.7 Å². The number of hydrogen-bond donors (Lipinski definition) is 0. The van der Waals surface area contributed by atoms with Crippen molar-refractivity contribution in [3.8, 4) is 6.01 Å². The van der Waals surface area contributed by atoms with Crippen molar-refractivity contribution in [2.75, 3.05) is 63.2 Å². The van der Waals surface area contributed by atoms with Crippen molar-refractivity contribution in [2.45, 2.75) is 57.4 Å². The molecule has 44 heavy (non-hydrogen) atoms. The van der Waals surface area contributed by atoms with Crippen LogP contribution in [0.3, 0.4) is 0 Å². The Morgan fingerprint density at radius 1 is 1.20 bits per heavy atom. The number of piperazine rings is 1. The van der Waals surface area contributed by atoms with Gasteiger partial charge in [0.1, 0.15) is 11.9 Å². The molecule has 1 amide bonds. The zero-order valence-corrected chi connectivity index (χ0v) is 25.6. The third kappa shape index (κ3) is 6.62. The minimum absolute atomic E-state index is 0.139. The van der Waals surface area contributed by atoms with Crippen molar-refractivity contribution in [1.82, 2.24) is 19.8 Å². The predicted molar refractivity (Wildman–Crippen MR) is 163 cm³/mol. The number of benzene rings is 1. The zero-order valence-electron chi connectivity index (χ0n) is 25.6. The number of carbonyl (C=O) groups is 1. The summed E-state index contributed by atoms with van der Waals surface area (Å²) in [5.74, 6) is 0.817. The fourth-order valence-electron chi connectivity index (χ4n) is 6.78. The molecule has 1 saturated heterocycles. The second-order valence-electron chi connectivity index (χ2n) is 12.2. The minimum atomic E-state index is -4.49. The average molecular weight is 612 g/mol. The summed E-state index contributed by atoms with van der Waals surface area (Å²) < 4.78 is 48.6. The first-order valence-corrected chi connectivity index (χ1v) is 15.1. The fraction of sp³-hybridized carbons (Fsp3) is 0.562. The van der Waals surface area contributed by atoms with Gasteiger partial charge in [-0.25, -0.2) is 6.57 Å². The highest BCUT2D eigenvalue weighted by Gasteiger charge is 2.39. The van der Waals surface area contributed by atoms with E-state index in [1.807, 2.05) is 0 Å². The molecule has 2 aromatic rings. The lowest BCUT2D eigenvalue weighted by molar-refractivity contribution is -0.137. The van der Waals surface area contributed by atoms with E-state index in [-0.39, 0.29) is 42.3 Å². The van der Waals surface area contributed by atoms with Gasteiger partial charge in [0.2, 0.25) is 12.5 Å². The van der Waals surface area contributed by atoms with Crippen LogP contribution in [0.15, 0.2) is 30.9 Å². The van der Waals surface area contributed by atoms with Crippen LogP contribution >= 0.6 is 0 Å². The lowest BCUT2D eigenvalue weighted by Crippen LogP contribution is -2.56. The number of halogens is 3. The lowest BCUT2D eigenvalue weighted by atomic mass is 10.00. The second-order valence-corrected chi connectivity index (χ2v) is 12.2. The van der Waals surface area contributed by atoms with Crippen molar-refractivity contribution in [2.24, 2.45) is 5.92 Å². The Bertz CT molecular complexity index is 1420. The predicted octanol–water partition coefficient (Wildman–Crippen LogP) is 4.60. The molecule has 236 valence electrons. The van der Waals surface area contributed by atoms with Crippen LogP contribution in [0.4, 0.5) is 24.7 Å². The molecule has 1 aromatic carbocycles. The van der Waals surface area contributed by atoms with Crippen LogP contribution in [0.2, 0.25) is 0 Å². The van der Waals surface area contributed by atoms with E-state index in [9.17, 15) is 18.0 Å². The third-order valence-corrected chi connectivity index (χ3v) is 9.13. The van der Waals surface area contributed by atoms with Gasteiger partial charge in [0.05, 0.1) is 24.4 Å². The van der Waals surface area contributed by atoms with Gasteiger partial charge in [-0.3, -0.25) is 4.79 Å². The number of hydrogen-bond acceptors (Lipinski definition) is 7. The van der Waals surface area contributed by atoms with E-state index < -0.39 is 11.7 Å². The largest absolute Gasteiger partial charge is 0.463 e. The summed E-state index contributed by atoms with van der Waals surface area (Å²) in [5, 5.41) is 0. The number of carbonyl (C=O) groups excluding carboxylic acids is 1. The van der Waals surface area contributed by atoms with Gasteiger partial charge in [0.25, 0.3) is 0 Å². The molecule has 5 rings (SSSR count). The number of aryl methyl sites for hydroxylation is 1. The van der Waals surface area contributed by atoms with Gasteiger partial charge in [0, 0.05) is 43.5 Å². The van der Waals surface area contributed by atoms with Crippen LogP contribution in [-0.4, -0.2) is 91.2 Å². The second kappa shape index (κ2) is 13.0. The van der Waals surface area contributed by atoms with E-state index in [4.69, 9.17) is 21.3 Å². The van der Waals surface area contributed by atoms with E-state index >= 15 is 0 Å². The molecule has 0 radical (unpaired) electrons. The molecule has 1 aromatic heterocycles. The number of fused-ring (bicyclic) bond motifs is 1. The minimum Gasteiger partial charge on any atom is -0.463 e. The first-order chi connectivity index (χ1) is 21.0. The summed E-state index contributed by atoms with van der Waals surface area (Å²) in [6.45, 7) is 15.0. The Balaban J connectivity index is 1.47. The van der Waals surface area contributed by atoms with E-state index in [0.29, 0.717) is 62.7 Å². The summed E-state index contributed by atoms with van der Waals surface area (Å²) in [6, 6.07) is 5.02. The Labute approximate surface area is 257 Å². The molecule has 0 spiro atoms. The van der Waals surface area contributed by atoms with Crippen LogP contribution in [-0.2, 0) is 23.9 Å². The number of anilines is 2. The molecule has 9 nitrogen and oxygen atoms in total. The smallest absolute Gasteiger partial charge is 0.418 e. The SMILES string of the molecule is [C-]#[N+]C[C@H]1CN(c2nc(OC[C@@H]3CC[C@@H](N(C)C)C3)nc3c2CCN(c2cccc(C)c2C(F)(F)F)C3)CCN1C(=O)C=C. The average Bonchev–Trinajstić information content (AvgIpc) is 3.48. The number of rotatable bonds is 8. The summed E-state index contributed by atoms with van der Waals surface area (Å²) in [6.07, 6.45) is 0.384. The molecule has 0 N–H and O–H groups in total. The standard InChI is InChI=1S/C32H40F3N7O2/c1-6-28(43)42-15-14-41(18-24(42)17-36-3)30-25-12-13-40(27-9-7-8-21(2)29(27)32(33,34)35)19-26(25)37-31(38-30)44-20-22-10-11-23(16-22)39(4)5/h6-9,22-24H,1,10-20H2,2,4-5H3/t22-,23-,24+/m1/s1. The molecule has 2 aliphatic heterocycles. The molecule has 3 aliphatic rings. The maximum Gasteiger partial charge on any atom is 0.418 e. The maximum absolute atomic E-state index is 14.1. The number of aromatic nitrogens is 2. The number of ether oxygens (including phenoxy) is 1. The van der Waals surface area contributed by atoms with Gasteiger partial charge in [-0.1, -0.05) is 18.7 Å². The fourth-order valence-corrected chi connectivity index (χ4v) is 6.78. The Kier molecular flexibility index (Phi) is 9.34. The molecular formula is C32H40F3N7O2. The Morgan fingerprint density at radius 2 is 2.00 bits per heavy atom. The van der Waals surface area contributed by atoms with Crippen molar-refractivity contribution in [1.29, 1.82) is 0 Å². The van der Waals surface area contributed by atoms with E-state index in [1.54, 1.807) is 15.9 Å². The highest BCUT2D eigenvalue weighted by Crippen LogP contribution is 2.41. The van der Waals surface area contributed by atoms with Crippen LogP contribution in [0.25, 0.3) is 4.85 Å².